The summed E-state index contributed by atoms with van der Waals surface area (Å²) in [6, 6.07) is 6.56. The Morgan fingerprint density at radius 2 is 1.97 bits per heavy atom. The Morgan fingerprint density at radius 3 is 2.65 bits per heavy atom. The first-order valence-corrected chi connectivity index (χ1v) is 11.3. The highest BCUT2D eigenvalue weighted by atomic mass is 32.2. The molecule has 166 valence electrons. The molecule has 0 saturated carbocycles. The first-order chi connectivity index (χ1) is 14.8. The number of fused-ring (bicyclic) bond motifs is 1. The number of carbonyl (C=O) groups is 1. The molecule has 2 aromatic heterocycles. The standard InChI is InChI=1S/C20H26N6O4S/c1-4-12-26-17-7-6-15(31(28,29)25(2)3)13-16(17)24-18(26)14-30-19(27)8-11-23-20-21-9-5-10-22-20/h5-7,9-10,13H,4,8,11-12,14H2,1-3H3,(H,21,22,23). The van der Waals surface area contributed by atoms with Crippen molar-refractivity contribution < 1.29 is 17.9 Å². The Bertz CT molecular complexity index is 1150. The Hall–Kier alpha value is -3.05. The average molecular weight is 447 g/mol. The van der Waals surface area contributed by atoms with E-state index in [0.717, 1.165) is 16.2 Å². The Balaban J connectivity index is 1.70. The average Bonchev–Trinajstić information content (AvgIpc) is 3.10. The van der Waals surface area contributed by atoms with Crippen molar-refractivity contribution in [1.29, 1.82) is 0 Å². The molecule has 0 aliphatic rings. The predicted octanol–water partition coefficient (Wildman–Crippen LogP) is 2.03. The fourth-order valence-corrected chi connectivity index (χ4v) is 3.92. The minimum atomic E-state index is -3.56. The van der Waals surface area contributed by atoms with Crippen LogP contribution in [-0.2, 0) is 32.7 Å². The molecule has 0 fully saturated rings. The number of anilines is 1. The molecular formula is C20H26N6O4S. The molecular weight excluding hydrogens is 420 g/mol. The van der Waals surface area contributed by atoms with Crippen molar-refractivity contribution in [2.24, 2.45) is 0 Å². The third-order valence-corrected chi connectivity index (χ3v) is 6.38. The van der Waals surface area contributed by atoms with Gasteiger partial charge in [-0.25, -0.2) is 27.7 Å². The topological polar surface area (TPSA) is 119 Å². The molecule has 10 nitrogen and oxygen atoms in total. The molecule has 3 rings (SSSR count). The van der Waals surface area contributed by atoms with Gasteiger partial charge in [-0.3, -0.25) is 4.79 Å². The molecule has 2 heterocycles. The van der Waals surface area contributed by atoms with Crippen molar-refractivity contribution >= 4 is 33.0 Å². The Morgan fingerprint density at radius 1 is 1.23 bits per heavy atom. The lowest BCUT2D eigenvalue weighted by molar-refractivity contribution is -0.144. The van der Waals surface area contributed by atoms with Crippen LogP contribution in [0, 0.1) is 0 Å². The number of imidazole rings is 1. The lowest BCUT2D eigenvalue weighted by Gasteiger charge is -2.11. The van der Waals surface area contributed by atoms with Crippen LogP contribution < -0.4 is 5.32 Å². The molecule has 1 aromatic carbocycles. The SMILES string of the molecule is CCCn1c(COC(=O)CCNc2ncccn2)nc2cc(S(=O)(=O)N(C)C)ccc21. The van der Waals surface area contributed by atoms with E-state index in [1.807, 2.05) is 11.5 Å². The second-order valence-electron chi connectivity index (χ2n) is 7.03. The zero-order chi connectivity index (χ0) is 22.4. The van der Waals surface area contributed by atoms with E-state index in [2.05, 4.69) is 20.3 Å². The fraction of sp³-hybridized carbons (Fsp3) is 0.400. The van der Waals surface area contributed by atoms with Gasteiger partial charge in [-0.2, -0.15) is 0 Å². The van der Waals surface area contributed by atoms with E-state index in [1.54, 1.807) is 36.7 Å². The number of benzene rings is 1. The summed E-state index contributed by atoms with van der Waals surface area (Å²) in [5, 5.41) is 2.95. The van der Waals surface area contributed by atoms with Gasteiger partial charge >= 0.3 is 5.97 Å². The van der Waals surface area contributed by atoms with Gasteiger partial charge in [0.2, 0.25) is 16.0 Å². The summed E-state index contributed by atoms with van der Waals surface area (Å²) in [6.07, 6.45) is 4.23. The monoisotopic (exact) mass is 446 g/mol. The second kappa shape index (κ2) is 9.84. The minimum absolute atomic E-state index is 0.00507. The third kappa shape index (κ3) is 5.36. The number of ether oxygens (including phenoxy) is 1. The zero-order valence-corrected chi connectivity index (χ0v) is 18.6. The van der Waals surface area contributed by atoms with Crippen LogP contribution in [0.25, 0.3) is 11.0 Å². The largest absolute Gasteiger partial charge is 0.457 e. The van der Waals surface area contributed by atoms with Gasteiger partial charge in [-0.05, 0) is 30.7 Å². The van der Waals surface area contributed by atoms with Crippen LogP contribution >= 0.6 is 0 Å². The summed E-state index contributed by atoms with van der Waals surface area (Å²) in [5.41, 5.74) is 1.35. The third-order valence-electron chi connectivity index (χ3n) is 4.56. The maximum absolute atomic E-state index is 12.4. The highest BCUT2D eigenvalue weighted by molar-refractivity contribution is 7.89. The van der Waals surface area contributed by atoms with Gasteiger partial charge in [0, 0.05) is 39.6 Å². The molecule has 0 spiro atoms. The number of sulfonamides is 1. The Kier molecular flexibility index (Phi) is 7.18. The van der Waals surface area contributed by atoms with E-state index in [1.165, 1.54) is 14.1 Å². The number of rotatable bonds is 10. The van der Waals surface area contributed by atoms with Gasteiger partial charge < -0.3 is 14.6 Å². The van der Waals surface area contributed by atoms with Crippen molar-refractivity contribution in [3.63, 3.8) is 0 Å². The van der Waals surface area contributed by atoms with Crippen molar-refractivity contribution in [2.75, 3.05) is 26.0 Å². The van der Waals surface area contributed by atoms with Crippen molar-refractivity contribution in [3.8, 4) is 0 Å². The molecule has 0 amide bonds. The quantitative estimate of drug-likeness (QED) is 0.470. The molecule has 0 unspecified atom stereocenters. The van der Waals surface area contributed by atoms with Crippen LogP contribution in [0.1, 0.15) is 25.6 Å². The van der Waals surface area contributed by atoms with Crippen molar-refractivity contribution in [1.82, 2.24) is 23.8 Å². The molecule has 0 saturated heterocycles. The van der Waals surface area contributed by atoms with E-state index in [9.17, 15) is 13.2 Å². The van der Waals surface area contributed by atoms with E-state index in [-0.39, 0.29) is 23.9 Å². The summed E-state index contributed by atoms with van der Waals surface area (Å²) in [6.45, 7) is 3.06. The number of aryl methyl sites for hydroxylation is 1. The number of esters is 1. The number of aromatic nitrogens is 4. The first-order valence-electron chi connectivity index (χ1n) is 9.91. The Labute approximate surface area is 181 Å². The van der Waals surface area contributed by atoms with Crippen LogP contribution in [0.15, 0.2) is 41.6 Å². The van der Waals surface area contributed by atoms with Crippen LogP contribution in [0.5, 0.6) is 0 Å². The smallest absolute Gasteiger partial charge is 0.308 e. The molecule has 0 atom stereocenters. The molecule has 0 radical (unpaired) electrons. The molecule has 0 aliphatic heterocycles. The minimum Gasteiger partial charge on any atom is -0.457 e. The maximum atomic E-state index is 12.4. The normalized spacial score (nSPS) is 11.7. The molecule has 1 N–H and O–H groups in total. The predicted molar refractivity (Wildman–Crippen MR) is 116 cm³/mol. The molecule has 0 bridgehead atoms. The highest BCUT2D eigenvalue weighted by Crippen LogP contribution is 2.23. The molecule has 3 aromatic rings. The fourth-order valence-electron chi connectivity index (χ4n) is 3.00. The summed E-state index contributed by atoms with van der Waals surface area (Å²) in [7, 11) is -0.592. The zero-order valence-electron chi connectivity index (χ0n) is 17.8. The molecule has 11 heteroatoms. The lowest BCUT2D eigenvalue weighted by atomic mass is 10.3. The van der Waals surface area contributed by atoms with E-state index in [0.29, 0.717) is 30.4 Å². The number of nitrogens with one attached hydrogen (secondary N) is 1. The van der Waals surface area contributed by atoms with Crippen LogP contribution in [0.4, 0.5) is 5.95 Å². The van der Waals surface area contributed by atoms with Crippen LogP contribution in [-0.4, -0.2) is 58.9 Å². The summed E-state index contributed by atoms with van der Waals surface area (Å²) in [4.78, 5) is 24.9. The lowest BCUT2D eigenvalue weighted by Crippen LogP contribution is -2.22. The van der Waals surface area contributed by atoms with Crippen LogP contribution in [0.2, 0.25) is 0 Å². The van der Waals surface area contributed by atoms with Gasteiger partial charge in [-0.15, -0.1) is 0 Å². The van der Waals surface area contributed by atoms with E-state index >= 15 is 0 Å². The molecule has 31 heavy (non-hydrogen) atoms. The summed E-state index contributed by atoms with van der Waals surface area (Å²) < 4.78 is 33.3. The summed E-state index contributed by atoms with van der Waals surface area (Å²) >= 11 is 0. The van der Waals surface area contributed by atoms with E-state index < -0.39 is 10.0 Å². The van der Waals surface area contributed by atoms with Crippen molar-refractivity contribution in [2.45, 2.75) is 37.8 Å². The number of hydrogen-bond donors (Lipinski definition) is 1. The second-order valence-corrected chi connectivity index (χ2v) is 9.18. The van der Waals surface area contributed by atoms with Gasteiger partial charge in [0.1, 0.15) is 12.4 Å². The first kappa shape index (κ1) is 22.6. The van der Waals surface area contributed by atoms with Crippen molar-refractivity contribution in [3.05, 3.63) is 42.5 Å². The van der Waals surface area contributed by atoms with Gasteiger partial charge in [0.25, 0.3) is 0 Å². The number of nitrogens with zero attached hydrogens (tertiary/aromatic N) is 5. The highest BCUT2D eigenvalue weighted by Gasteiger charge is 2.20. The van der Waals surface area contributed by atoms with Gasteiger partial charge in [0.05, 0.1) is 22.3 Å². The summed E-state index contributed by atoms with van der Waals surface area (Å²) in [5.74, 6) is 0.641. The maximum Gasteiger partial charge on any atom is 0.308 e. The van der Waals surface area contributed by atoms with Crippen LogP contribution in [0.3, 0.4) is 0 Å². The van der Waals surface area contributed by atoms with Gasteiger partial charge in [-0.1, -0.05) is 6.92 Å². The van der Waals surface area contributed by atoms with E-state index in [4.69, 9.17) is 4.74 Å². The molecule has 0 aliphatic carbocycles. The number of hydrogen-bond acceptors (Lipinski definition) is 8. The van der Waals surface area contributed by atoms with Gasteiger partial charge in [0.15, 0.2) is 0 Å². The number of carbonyl (C=O) groups excluding carboxylic acids is 1.